The zero-order chi connectivity index (χ0) is 11.1. The van der Waals surface area contributed by atoms with Crippen LogP contribution in [0.25, 0.3) is 0 Å². The lowest BCUT2D eigenvalue weighted by Gasteiger charge is -2.06. The lowest BCUT2D eigenvalue weighted by Crippen LogP contribution is -2.37. The van der Waals surface area contributed by atoms with Gasteiger partial charge in [0, 0.05) is 12.2 Å². The van der Waals surface area contributed by atoms with Gasteiger partial charge in [-0.3, -0.25) is 4.79 Å². The second kappa shape index (κ2) is 5.59. The highest BCUT2D eigenvalue weighted by atomic mass is 16.2. The van der Waals surface area contributed by atoms with E-state index in [1.165, 1.54) is 0 Å². The van der Waals surface area contributed by atoms with Gasteiger partial charge in [0.1, 0.15) is 11.6 Å². The number of urea groups is 1. The molecule has 0 radical (unpaired) electrons. The maximum Gasteiger partial charge on any atom is 0.319 e. The van der Waals surface area contributed by atoms with Crippen LogP contribution in [-0.4, -0.2) is 18.0 Å². The third kappa shape index (κ3) is 4.77. The molecule has 0 bridgehead atoms. The van der Waals surface area contributed by atoms with Crippen molar-refractivity contribution in [2.45, 2.75) is 19.9 Å². The van der Waals surface area contributed by atoms with E-state index >= 15 is 0 Å². The monoisotopic (exact) mass is 196 g/mol. The Balaban J connectivity index is 4.21. The maximum absolute atomic E-state index is 11.0. The van der Waals surface area contributed by atoms with E-state index in [9.17, 15) is 9.59 Å². The largest absolute Gasteiger partial charge is 0.365 e. The lowest BCUT2D eigenvalue weighted by molar-refractivity contribution is -0.114. The molecule has 0 spiro atoms. The molecule has 4 N–H and O–H groups in total. The van der Waals surface area contributed by atoms with Crippen LogP contribution < -0.4 is 16.4 Å². The summed E-state index contributed by atoms with van der Waals surface area (Å²) in [5, 5.41) is 13.1. The Labute approximate surface area is 81.8 Å². The lowest BCUT2D eigenvalue weighted by atomic mass is 10.3. The van der Waals surface area contributed by atoms with Gasteiger partial charge in [0.05, 0.1) is 0 Å². The SMILES string of the molecule is CC(C)NC(=O)NC=C(C#N)C(N)=O. The van der Waals surface area contributed by atoms with Crippen molar-refractivity contribution in [1.29, 1.82) is 5.26 Å². The summed E-state index contributed by atoms with van der Waals surface area (Å²) in [6.07, 6.45) is 0.972. The first-order valence-electron chi connectivity index (χ1n) is 3.94. The fourth-order valence-corrected chi connectivity index (χ4v) is 0.600. The number of amides is 3. The van der Waals surface area contributed by atoms with E-state index in [0.717, 1.165) is 6.20 Å². The number of carbonyl (C=O) groups excluding carboxylic acids is 2. The molecule has 0 unspecified atom stereocenters. The van der Waals surface area contributed by atoms with Gasteiger partial charge in [-0.1, -0.05) is 0 Å². The quantitative estimate of drug-likeness (QED) is 0.421. The molecule has 0 fully saturated rings. The van der Waals surface area contributed by atoms with Crippen molar-refractivity contribution in [2.24, 2.45) is 5.73 Å². The fourth-order valence-electron chi connectivity index (χ4n) is 0.600. The Morgan fingerprint density at radius 1 is 1.50 bits per heavy atom. The summed E-state index contributed by atoms with van der Waals surface area (Å²) in [6.45, 7) is 3.56. The molecule has 0 atom stereocenters. The predicted molar refractivity (Wildman–Crippen MR) is 49.7 cm³/mol. The normalized spacial score (nSPS) is 10.6. The Bertz CT molecular complexity index is 301. The molecule has 0 aliphatic heterocycles. The molecule has 0 saturated carbocycles. The minimum atomic E-state index is -0.877. The van der Waals surface area contributed by atoms with Crippen LogP contribution in [0.2, 0.25) is 0 Å². The molecule has 0 aliphatic carbocycles. The molecule has 0 aromatic heterocycles. The van der Waals surface area contributed by atoms with Crippen molar-refractivity contribution in [3.8, 4) is 6.07 Å². The summed E-state index contributed by atoms with van der Waals surface area (Å²) in [5.74, 6) is -0.877. The predicted octanol–water partition coefficient (Wildman–Crippen LogP) is -0.413. The van der Waals surface area contributed by atoms with Crippen LogP contribution in [0.1, 0.15) is 13.8 Å². The Morgan fingerprint density at radius 3 is 2.43 bits per heavy atom. The molecule has 6 nitrogen and oxygen atoms in total. The Hall–Kier alpha value is -2.03. The van der Waals surface area contributed by atoms with Crippen LogP contribution >= 0.6 is 0 Å². The topological polar surface area (TPSA) is 108 Å². The highest BCUT2D eigenvalue weighted by Gasteiger charge is 2.04. The van der Waals surface area contributed by atoms with Gasteiger partial charge in [-0.2, -0.15) is 5.26 Å². The van der Waals surface area contributed by atoms with Crippen LogP contribution in [0.5, 0.6) is 0 Å². The molecule has 0 heterocycles. The van der Waals surface area contributed by atoms with Crippen LogP contribution in [0.15, 0.2) is 11.8 Å². The van der Waals surface area contributed by atoms with Gasteiger partial charge in [-0.05, 0) is 13.8 Å². The number of rotatable bonds is 3. The molecule has 0 aromatic rings. The van der Waals surface area contributed by atoms with Gasteiger partial charge in [-0.15, -0.1) is 0 Å². The molecule has 6 heteroatoms. The van der Waals surface area contributed by atoms with E-state index < -0.39 is 11.9 Å². The van der Waals surface area contributed by atoms with Crippen LogP contribution in [0.3, 0.4) is 0 Å². The molecule has 0 aromatic carbocycles. The van der Waals surface area contributed by atoms with E-state index in [-0.39, 0.29) is 11.6 Å². The van der Waals surface area contributed by atoms with E-state index in [0.29, 0.717) is 0 Å². The van der Waals surface area contributed by atoms with Gasteiger partial charge in [-0.25, -0.2) is 4.79 Å². The van der Waals surface area contributed by atoms with Crippen molar-refractivity contribution >= 4 is 11.9 Å². The van der Waals surface area contributed by atoms with Crippen molar-refractivity contribution in [3.63, 3.8) is 0 Å². The summed E-state index contributed by atoms with van der Waals surface area (Å²) >= 11 is 0. The number of nitrogens with zero attached hydrogens (tertiary/aromatic N) is 1. The van der Waals surface area contributed by atoms with Crippen LogP contribution in [0, 0.1) is 11.3 Å². The van der Waals surface area contributed by atoms with Crippen molar-refractivity contribution < 1.29 is 9.59 Å². The van der Waals surface area contributed by atoms with E-state index in [2.05, 4.69) is 10.6 Å². The Kier molecular flexibility index (Phi) is 4.78. The summed E-state index contributed by atoms with van der Waals surface area (Å²) in [4.78, 5) is 21.5. The van der Waals surface area contributed by atoms with E-state index in [1.54, 1.807) is 19.9 Å². The number of nitrogens with one attached hydrogen (secondary N) is 2. The molecule has 0 aliphatic rings. The zero-order valence-corrected chi connectivity index (χ0v) is 8.00. The number of hydrogen-bond donors (Lipinski definition) is 3. The molecular weight excluding hydrogens is 184 g/mol. The number of nitriles is 1. The molecular formula is C8H12N4O2. The first-order valence-corrected chi connectivity index (χ1v) is 3.94. The van der Waals surface area contributed by atoms with Gasteiger partial charge in [0.2, 0.25) is 0 Å². The molecule has 0 rings (SSSR count). The minimum absolute atomic E-state index is 0.0255. The number of nitrogens with two attached hydrogens (primary N) is 1. The number of hydrogen-bond acceptors (Lipinski definition) is 3. The number of primary amides is 1. The molecule has 14 heavy (non-hydrogen) atoms. The smallest absolute Gasteiger partial charge is 0.319 e. The summed E-state index contributed by atoms with van der Waals surface area (Å²) in [6, 6.07) is 1.04. The maximum atomic E-state index is 11.0. The van der Waals surface area contributed by atoms with Crippen LogP contribution in [-0.2, 0) is 4.79 Å². The third-order valence-electron chi connectivity index (χ3n) is 1.15. The molecule has 76 valence electrons. The van der Waals surface area contributed by atoms with E-state index in [1.807, 2.05) is 0 Å². The highest BCUT2D eigenvalue weighted by molar-refractivity contribution is 5.96. The van der Waals surface area contributed by atoms with Crippen molar-refractivity contribution in [2.75, 3.05) is 0 Å². The van der Waals surface area contributed by atoms with Crippen molar-refractivity contribution in [3.05, 3.63) is 11.8 Å². The summed E-state index contributed by atoms with van der Waals surface area (Å²) in [7, 11) is 0. The average molecular weight is 196 g/mol. The first-order chi connectivity index (χ1) is 6.47. The van der Waals surface area contributed by atoms with Gasteiger partial charge in [0.25, 0.3) is 5.91 Å². The first kappa shape index (κ1) is 12.0. The van der Waals surface area contributed by atoms with Crippen molar-refractivity contribution in [1.82, 2.24) is 10.6 Å². The average Bonchev–Trinajstić information content (AvgIpc) is 2.03. The highest BCUT2D eigenvalue weighted by Crippen LogP contribution is 1.86. The Morgan fingerprint density at radius 2 is 2.07 bits per heavy atom. The van der Waals surface area contributed by atoms with Gasteiger partial charge < -0.3 is 16.4 Å². The molecule has 0 saturated heterocycles. The van der Waals surface area contributed by atoms with Gasteiger partial charge in [0.15, 0.2) is 0 Å². The minimum Gasteiger partial charge on any atom is -0.365 e. The van der Waals surface area contributed by atoms with Crippen LogP contribution in [0.4, 0.5) is 4.79 Å². The fraction of sp³-hybridized carbons (Fsp3) is 0.375. The number of carbonyl (C=O) groups is 2. The third-order valence-corrected chi connectivity index (χ3v) is 1.15. The molecule has 3 amide bonds. The van der Waals surface area contributed by atoms with Gasteiger partial charge >= 0.3 is 6.03 Å². The van der Waals surface area contributed by atoms with E-state index in [4.69, 9.17) is 11.0 Å². The second-order valence-electron chi connectivity index (χ2n) is 2.81. The standard InChI is InChI=1S/C8H12N4O2/c1-5(2)12-8(14)11-4-6(3-9)7(10)13/h4-5H,1-2H3,(H2,10,13)(H2,11,12,14). The zero-order valence-electron chi connectivity index (χ0n) is 8.00. The second-order valence-corrected chi connectivity index (χ2v) is 2.81. The summed E-state index contributed by atoms with van der Waals surface area (Å²) < 4.78 is 0. The summed E-state index contributed by atoms with van der Waals surface area (Å²) in [5.41, 5.74) is 4.53.